The number of likely N-dealkylation sites (N-methyl/N-ethyl adjacent to an activating group) is 1. The highest BCUT2D eigenvalue weighted by atomic mass is 19.1. The number of halogens is 1. The highest BCUT2D eigenvalue weighted by Crippen LogP contribution is 2.26. The largest absolute Gasteiger partial charge is 0.353 e. The first-order valence-corrected chi connectivity index (χ1v) is 10.3. The van der Waals surface area contributed by atoms with Gasteiger partial charge in [-0.25, -0.2) is 13.9 Å². The molecule has 3 aromatic rings. The maximum atomic E-state index is 13.5. The predicted molar refractivity (Wildman–Crippen MR) is 123 cm³/mol. The van der Waals surface area contributed by atoms with Crippen molar-refractivity contribution in [2.75, 3.05) is 38.1 Å². The Morgan fingerprint density at radius 2 is 1.90 bits per heavy atom. The Kier molecular flexibility index (Phi) is 6.39. The predicted octanol–water partition coefficient (Wildman–Crippen LogP) is 3.44. The Morgan fingerprint density at radius 1 is 1.13 bits per heavy atom. The van der Waals surface area contributed by atoms with E-state index < -0.39 is 0 Å². The number of allylic oxidation sites excluding steroid dienone is 1. The van der Waals surface area contributed by atoms with E-state index in [9.17, 15) is 4.39 Å². The highest BCUT2D eigenvalue weighted by molar-refractivity contribution is 5.67. The molecule has 0 atom stereocenters. The summed E-state index contributed by atoms with van der Waals surface area (Å²) in [4.78, 5) is 13.6. The molecule has 1 aromatic carbocycles. The zero-order valence-electron chi connectivity index (χ0n) is 17.6. The van der Waals surface area contributed by atoms with Gasteiger partial charge in [0.05, 0.1) is 11.4 Å². The molecule has 0 aliphatic carbocycles. The summed E-state index contributed by atoms with van der Waals surface area (Å²) in [6, 6.07) is 10.4. The Morgan fingerprint density at radius 3 is 2.65 bits per heavy atom. The van der Waals surface area contributed by atoms with E-state index in [1.165, 1.54) is 12.1 Å². The Labute approximate surface area is 181 Å². The fourth-order valence-corrected chi connectivity index (χ4v) is 3.59. The van der Waals surface area contributed by atoms with Crippen LogP contribution < -0.4 is 4.90 Å². The maximum Gasteiger partial charge on any atom is 0.154 e. The van der Waals surface area contributed by atoms with Gasteiger partial charge in [-0.2, -0.15) is 0 Å². The van der Waals surface area contributed by atoms with E-state index in [0.29, 0.717) is 12.8 Å². The molecule has 7 heteroatoms. The topological polar surface area (TPSA) is 49.0 Å². The standard InChI is InChI=1S/C24H25FN6/c1-3-4-13-26-14-5-6-21-24(19-7-9-20(25)10-8-19)27-22-11-12-23(28-31(21)22)30-17-15-29(2)16-18-30/h1,5,7-14H,4,6,15-18H2,2H3/b14-5-,26-13?. The van der Waals surface area contributed by atoms with Crippen molar-refractivity contribution in [3.8, 4) is 23.6 Å². The molecule has 6 nitrogen and oxygen atoms in total. The summed E-state index contributed by atoms with van der Waals surface area (Å²) in [5.74, 6) is 3.19. The van der Waals surface area contributed by atoms with E-state index in [0.717, 1.165) is 54.6 Å². The number of terminal acetylenes is 1. The monoisotopic (exact) mass is 416 g/mol. The third kappa shape index (κ3) is 4.81. The van der Waals surface area contributed by atoms with E-state index in [2.05, 4.69) is 27.8 Å². The average Bonchev–Trinajstić information content (AvgIpc) is 3.15. The number of anilines is 1. The fraction of sp³-hybridized carbons (Fsp3) is 0.292. The minimum atomic E-state index is -0.271. The van der Waals surface area contributed by atoms with E-state index >= 15 is 0 Å². The van der Waals surface area contributed by atoms with Gasteiger partial charge in [-0.1, -0.05) is 6.08 Å². The second-order valence-electron chi connectivity index (χ2n) is 7.49. The van der Waals surface area contributed by atoms with Crippen LogP contribution in [0.15, 0.2) is 53.7 Å². The number of hydrogen-bond acceptors (Lipinski definition) is 5. The van der Waals surface area contributed by atoms with Gasteiger partial charge in [-0.15, -0.1) is 17.4 Å². The number of aromatic nitrogens is 3. The molecule has 1 aliphatic heterocycles. The molecule has 31 heavy (non-hydrogen) atoms. The van der Waals surface area contributed by atoms with Gasteiger partial charge in [0.1, 0.15) is 11.6 Å². The zero-order valence-corrected chi connectivity index (χ0v) is 17.6. The van der Waals surface area contributed by atoms with Crippen LogP contribution in [0.5, 0.6) is 0 Å². The number of benzene rings is 1. The first kappa shape index (κ1) is 20.8. The summed E-state index contributed by atoms with van der Waals surface area (Å²) < 4.78 is 15.3. The summed E-state index contributed by atoms with van der Waals surface area (Å²) in [5.41, 5.74) is 3.34. The molecule has 0 radical (unpaired) electrons. The molecule has 0 amide bonds. The molecule has 4 rings (SSSR count). The number of aliphatic imine (C=N–C) groups is 1. The number of hydrogen-bond donors (Lipinski definition) is 0. The van der Waals surface area contributed by atoms with Crippen molar-refractivity contribution in [3.05, 3.63) is 60.2 Å². The summed E-state index contributed by atoms with van der Waals surface area (Å²) in [6.07, 6.45) is 11.7. The molecule has 0 unspecified atom stereocenters. The zero-order chi connectivity index (χ0) is 21.6. The molecule has 1 saturated heterocycles. The number of piperazine rings is 1. The SMILES string of the molecule is C#CCC=N/C=C\Cc1c(-c2ccc(F)cc2)nc2ccc(N3CCN(C)CC3)nn12. The summed E-state index contributed by atoms with van der Waals surface area (Å²) in [7, 11) is 2.13. The quantitative estimate of drug-likeness (QED) is 0.456. The number of imidazole rings is 1. The molecular formula is C24H25FN6. The van der Waals surface area contributed by atoms with E-state index in [1.54, 1.807) is 24.5 Å². The molecule has 0 spiro atoms. The molecule has 2 aromatic heterocycles. The maximum absolute atomic E-state index is 13.5. The minimum absolute atomic E-state index is 0.271. The first-order valence-electron chi connectivity index (χ1n) is 10.3. The van der Waals surface area contributed by atoms with Gasteiger partial charge < -0.3 is 9.80 Å². The van der Waals surface area contributed by atoms with Gasteiger partial charge in [0.15, 0.2) is 5.65 Å². The minimum Gasteiger partial charge on any atom is -0.353 e. The molecular weight excluding hydrogens is 391 g/mol. The van der Waals surface area contributed by atoms with Crippen LogP contribution in [0.3, 0.4) is 0 Å². The average molecular weight is 417 g/mol. The van der Waals surface area contributed by atoms with Crippen molar-refractivity contribution in [1.29, 1.82) is 0 Å². The van der Waals surface area contributed by atoms with Gasteiger partial charge in [0.2, 0.25) is 0 Å². The molecule has 3 heterocycles. The molecule has 1 fully saturated rings. The molecule has 158 valence electrons. The van der Waals surface area contributed by atoms with Crippen molar-refractivity contribution >= 4 is 17.7 Å². The third-order valence-electron chi connectivity index (χ3n) is 5.32. The second-order valence-corrected chi connectivity index (χ2v) is 7.49. The van der Waals surface area contributed by atoms with Gasteiger partial charge >= 0.3 is 0 Å². The van der Waals surface area contributed by atoms with Crippen LogP contribution in [0, 0.1) is 18.2 Å². The summed E-state index contributed by atoms with van der Waals surface area (Å²) >= 11 is 0. The van der Waals surface area contributed by atoms with Crippen molar-refractivity contribution in [2.24, 2.45) is 4.99 Å². The lowest BCUT2D eigenvalue weighted by Gasteiger charge is -2.33. The molecule has 0 N–H and O–H groups in total. The van der Waals surface area contributed by atoms with Gasteiger partial charge in [-0.05, 0) is 43.4 Å². The number of rotatable bonds is 6. The summed E-state index contributed by atoms with van der Waals surface area (Å²) in [6.45, 7) is 3.90. The van der Waals surface area contributed by atoms with Crippen LogP contribution in [0.4, 0.5) is 10.2 Å². The van der Waals surface area contributed by atoms with Crippen LogP contribution in [0.2, 0.25) is 0 Å². The van der Waals surface area contributed by atoms with Crippen molar-refractivity contribution < 1.29 is 4.39 Å². The normalized spacial score (nSPS) is 15.3. The van der Waals surface area contributed by atoms with Gasteiger partial charge in [0, 0.05) is 57.0 Å². The van der Waals surface area contributed by atoms with Gasteiger partial charge in [-0.3, -0.25) is 4.99 Å². The van der Waals surface area contributed by atoms with Crippen molar-refractivity contribution in [2.45, 2.75) is 12.8 Å². The first-order chi connectivity index (χ1) is 15.2. The molecule has 0 saturated carbocycles. The Hall–Kier alpha value is -3.50. The van der Waals surface area contributed by atoms with Crippen LogP contribution in [-0.2, 0) is 6.42 Å². The second kappa shape index (κ2) is 9.54. The van der Waals surface area contributed by atoms with E-state index in [1.807, 2.05) is 22.7 Å². The number of nitrogens with zero attached hydrogens (tertiary/aromatic N) is 6. The molecule has 0 bridgehead atoms. The lowest BCUT2D eigenvalue weighted by atomic mass is 10.1. The third-order valence-corrected chi connectivity index (χ3v) is 5.32. The lowest BCUT2D eigenvalue weighted by molar-refractivity contribution is 0.311. The smallest absolute Gasteiger partial charge is 0.154 e. The van der Waals surface area contributed by atoms with Crippen LogP contribution in [0.25, 0.3) is 16.9 Å². The van der Waals surface area contributed by atoms with Crippen LogP contribution >= 0.6 is 0 Å². The fourth-order valence-electron chi connectivity index (χ4n) is 3.59. The Bertz CT molecular complexity index is 1130. The van der Waals surface area contributed by atoms with Crippen LogP contribution in [-0.4, -0.2) is 58.9 Å². The Balaban J connectivity index is 1.71. The summed E-state index contributed by atoms with van der Waals surface area (Å²) in [5, 5.41) is 4.90. The van der Waals surface area contributed by atoms with E-state index in [-0.39, 0.29) is 5.82 Å². The van der Waals surface area contributed by atoms with Crippen molar-refractivity contribution in [1.82, 2.24) is 19.5 Å². The lowest BCUT2D eigenvalue weighted by Crippen LogP contribution is -2.44. The van der Waals surface area contributed by atoms with Crippen LogP contribution in [0.1, 0.15) is 12.1 Å². The van der Waals surface area contributed by atoms with Crippen molar-refractivity contribution in [3.63, 3.8) is 0 Å². The highest BCUT2D eigenvalue weighted by Gasteiger charge is 2.19. The van der Waals surface area contributed by atoms with Gasteiger partial charge in [0.25, 0.3) is 0 Å². The molecule has 1 aliphatic rings. The van der Waals surface area contributed by atoms with E-state index in [4.69, 9.17) is 16.5 Å². The number of fused-ring (bicyclic) bond motifs is 1.